The average Bonchev–Trinajstić information content (AvgIpc) is 2.69. The van der Waals surface area contributed by atoms with Crippen molar-refractivity contribution in [2.75, 3.05) is 18.1 Å². The van der Waals surface area contributed by atoms with Gasteiger partial charge in [-0.15, -0.1) is 23.5 Å². The lowest BCUT2D eigenvalue weighted by molar-refractivity contribution is -0.123. The van der Waals surface area contributed by atoms with Gasteiger partial charge < -0.3 is 10.1 Å². The number of carbonyl (C=O) groups excluding carboxylic acids is 1. The fourth-order valence-corrected chi connectivity index (χ4v) is 5.59. The molecule has 1 aliphatic heterocycles. The summed E-state index contributed by atoms with van der Waals surface area (Å²) in [5.41, 5.74) is 1.75. The molecule has 2 aromatic carbocycles. The fourth-order valence-electron chi connectivity index (χ4n) is 2.70. The number of rotatable bonds is 6. The first-order valence-corrected chi connectivity index (χ1v) is 10.8. The van der Waals surface area contributed by atoms with E-state index in [9.17, 15) is 13.6 Å². The predicted octanol–water partition coefficient (Wildman–Crippen LogP) is 5.09. The zero-order valence-corrected chi connectivity index (χ0v) is 16.5. The summed E-state index contributed by atoms with van der Waals surface area (Å²) in [6, 6.07) is 11.0. The van der Waals surface area contributed by atoms with E-state index in [1.165, 1.54) is 29.6 Å². The molecule has 3 nitrogen and oxygen atoms in total. The molecule has 1 amide bonds. The van der Waals surface area contributed by atoms with Crippen molar-refractivity contribution in [3.8, 4) is 5.75 Å². The highest BCUT2D eigenvalue weighted by molar-refractivity contribution is 8.16. The summed E-state index contributed by atoms with van der Waals surface area (Å²) in [6.45, 7) is 1.57. The SMILES string of the molecule is CC(NC(=O)COc1ccc(C2SCCCS2)cc1)c1ccc(F)c(F)c1. The summed E-state index contributed by atoms with van der Waals surface area (Å²) in [5.74, 6) is 0.835. The van der Waals surface area contributed by atoms with Crippen molar-refractivity contribution in [3.05, 3.63) is 65.2 Å². The number of halogens is 2. The molecule has 1 fully saturated rings. The lowest BCUT2D eigenvalue weighted by Crippen LogP contribution is -2.31. The Morgan fingerprint density at radius 1 is 1.15 bits per heavy atom. The maximum Gasteiger partial charge on any atom is 0.258 e. The highest BCUT2D eigenvalue weighted by Gasteiger charge is 2.17. The maximum atomic E-state index is 13.3. The number of hydrogen-bond donors (Lipinski definition) is 1. The summed E-state index contributed by atoms with van der Waals surface area (Å²) in [6.07, 6.45) is 1.26. The molecule has 1 aliphatic rings. The van der Waals surface area contributed by atoms with Gasteiger partial charge in [-0.25, -0.2) is 8.78 Å². The van der Waals surface area contributed by atoms with Gasteiger partial charge >= 0.3 is 0 Å². The third kappa shape index (κ3) is 5.62. The first-order valence-electron chi connectivity index (χ1n) is 8.73. The van der Waals surface area contributed by atoms with E-state index in [2.05, 4.69) is 5.32 Å². The van der Waals surface area contributed by atoms with Crippen molar-refractivity contribution in [2.45, 2.75) is 24.0 Å². The molecule has 1 atom stereocenters. The van der Waals surface area contributed by atoms with Crippen LogP contribution in [0.5, 0.6) is 5.75 Å². The number of benzene rings is 2. The third-order valence-electron chi connectivity index (χ3n) is 4.17. The van der Waals surface area contributed by atoms with Gasteiger partial charge in [-0.05, 0) is 60.2 Å². The number of thioether (sulfide) groups is 2. The predicted molar refractivity (Wildman–Crippen MR) is 107 cm³/mol. The minimum Gasteiger partial charge on any atom is -0.484 e. The molecule has 1 unspecified atom stereocenters. The summed E-state index contributed by atoms with van der Waals surface area (Å²) in [7, 11) is 0. The van der Waals surface area contributed by atoms with Crippen molar-refractivity contribution in [2.24, 2.45) is 0 Å². The number of amides is 1. The maximum absolute atomic E-state index is 13.3. The zero-order chi connectivity index (χ0) is 19.2. The van der Waals surface area contributed by atoms with Crippen LogP contribution in [0.2, 0.25) is 0 Å². The second kappa shape index (κ2) is 9.46. The summed E-state index contributed by atoms with van der Waals surface area (Å²) >= 11 is 3.91. The van der Waals surface area contributed by atoms with E-state index in [1.807, 2.05) is 47.8 Å². The van der Waals surface area contributed by atoms with Crippen molar-refractivity contribution < 1.29 is 18.3 Å². The molecule has 3 rings (SSSR count). The Morgan fingerprint density at radius 3 is 2.52 bits per heavy atom. The molecule has 1 N–H and O–H groups in total. The molecule has 0 bridgehead atoms. The van der Waals surface area contributed by atoms with E-state index in [-0.39, 0.29) is 12.5 Å². The van der Waals surface area contributed by atoms with Crippen LogP contribution in [0.25, 0.3) is 0 Å². The fraction of sp³-hybridized carbons (Fsp3) is 0.350. The van der Waals surface area contributed by atoms with Gasteiger partial charge in [0.15, 0.2) is 18.2 Å². The quantitative estimate of drug-likeness (QED) is 0.721. The van der Waals surface area contributed by atoms with Crippen LogP contribution >= 0.6 is 23.5 Å². The number of carbonyl (C=O) groups is 1. The number of nitrogens with one attached hydrogen (secondary N) is 1. The Morgan fingerprint density at radius 2 is 1.85 bits per heavy atom. The smallest absolute Gasteiger partial charge is 0.258 e. The lowest BCUT2D eigenvalue weighted by Gasteiger charge is -2.21. The lowest BCUT2D eigenvalue weighted by atomic mass is 10.1. The van der Waals surface area contributed by atoms with Crippen molar-refractivity contribution >= 4 is 29.4 Å². The van der Waals surface area contributed by atoms with Gasteiger partial charge in [0.05, 0.1) is 10.6 Å². The largest absolute Gasteiger partial charge is 0.484 e. The molecule has 0 aliphatic carbocycles. The molecular formula is C20H21F2NO2S2. The second-order valence-corrected chi connectivity index (χ2v) is 8.97. The van der Waals surface area contributed by atoms with Crippen molar-refractivity contribution in [1.29, 1.82) is 0 Å². The molecule has 1 heterocycles. The number of ether oxygens (including phenoxy) is 1. The second-order valence-electron chi connectivity index (χ2n) is 6.25. The molecule has 0 saturated carbocycles. The summed E-state index contributed by atoms with van der Waals surface area (Å²) in [4.78, 5) is 12.1. The zero-order valence-electron chi connectivity index (χ0n) is 14.9. The highest BCUT2D eigenvalue weighted by atomic mass is 32.2. The third-order valence-corrected chi connectivity index (χ3v) is 7.19. The van der Waals surface area contributed by atoms with Gasteiger partial charge in [-0.1, -0.05) is 18.2 Å². The van der Waals surface area contributed by atoms with Gasteiger partial charge in [0.2, 0.25) is 0 Å². The molecule has 0 spiro atoms. The molecule has 2 aromatic rings. The van der Waals surface area contributed by atoms with Crippen LogP contribution in [0.3, 0.4) is 0 Å². The molecule has 1 saturated heterocycles. The molecule has 27 heavy (non-hydrogen) atoms. The topological polar surface area (TPSA) is 38.3 Å². The van der Waals surface area contributed by atoms with E-state index in [0.29, 0.717) is 15.9 Å². The molecule has 144 valence electrons. The van der Waals surface area contributed by atoms with Gasteiger partial charge in [0.25, 0.3) is 5.91 Å². The van der Waals surface area contributed by atoms with Crippen LogP contribution in [0.15, 0.2) is 42.5 Å². The van der Waals surface area contributed by atoms with E-state index < -0.39 is 17.7 Å². The van der Waals surface area contributed by atoms with E-state index in [0.717, 1.165) is 12.1 Å². The Balaban J connectivity index is 1.49. The first kappa shape index (κ1) is 20.0. The van der Waals surface area contributed by atoms with E-state index >= 15 is 0 Å². The summed E-state index contributed by atoms with van der Waals surface area (Å²) < 4.78 is 32.3. The Labute approximate surface area is 166 Å². The Bertz CT molecular complexity index is 780. The first-order chi connectivity index (χ1) is 13.0. The highest BCUT2D eigenvalue weighted by Crippen LogP contribution is 2.43. The standard InChI is InChI=1S/C20H21F2NO2S2/c1-13(15-5-8-17(21)18(22)11-15)23-19(24)12-25-16-6-3-14(4-7-16)20-26-9-2-10-27-20/h3-8,11,13,20H,2,9-10,12H2,1H3,(H,23,24). The van der Waals surface area contributed by atoms with Gasteiger partial charge in [-0.3, -0.25) is 4.79 Å². The number of hydrogen-bond acceptors (Lipinski definition) is 4. The molecular weight excluding hydrogens is 388 g/mol. The molecule has 0 radical (unpaired) electrons. The van der Waals surface area contributed by atoms with Gasteiger partial charge in [-0.2, -0.15) is 0 Å². The van der Waals surface area contributed by atoms with Crippen molar-refractivity contribution in [3.63, 3.8) is 0 Å². The van der Waals surface area contributed by atoms with Crippen LogP contribution in [0.4, 0.5) is 8.78 Å². The van der Waals surface area contributed by atoms with Gasteiger partial charge in [0, 0.05) is 0 Å². The summed E-state index contributed by atoms with van der Waals surface area (Å²) in [5, 5.41) is 2.72. The van der Waals surface area contributed by atoms with Crippen LogP contribution in [-0.2, 0) is 4.79 Å². The molecule has 0 aromatic heterocycles. The minimum absolute atomic E-state index is 0.139. The Hall–Kier alpha value is -1.73. The average molecular weight is 410 g/mol. The van der Waals surface area contributed by atoms with Crippen molar-refractivity contribution in [1.82, 2.24) is 5.32 Å². The van der Waals surface area contributed by atoms with E-state index in [1.54, 1.807) is 6.92 Å². The van der Waals surface area contributed by atoms with Crippen LogP contribution in [-0.4, -0.2) is 24.0 Å². The van der Waals surface area contributed by atoms with Crippen LogP contribution in [0.1, 0.15) is 35.1 Å². The van der Waals surface area contributed by atoms with Crippen LogP contribution in [0, 0.1) is 11.6 Å². The Kier molecular flexibility index (Phi) is 7.01. The normalized spacial score (nSPS) is 16.0. The molecule has 7 heteroatoms. The van der Waals surface area contributed by atoms with E-state index in [4.69, 9.17) is 4.74 Å². The monoisotopic (exact) mass is 409 g/mol. The minimum atomic E-state index is -0.931. The van der Waals surface area contributed by atoms with Gasteiger partial charge in [0.1, 0.15) is 5.75 Å². The van der Waals surface area contributed by atoms with Crippen LogP contribution < -0.4 is 10.1 Å².